The molecule has 1 aromatic heterocycles. The molecule has 114 valence electrons. The second-order valence-electron chi connectivity index (χ2n) is 5.25. The van der Waals surface area contributed by atoms with Crippen molar-refractivity contribution in [2.75, 3.05) is 36.2 Å². The zero-order valence-electron chi connectivity index (χ0n) is 13.4. The third-order valence-electron chi connectivity index (χ3n) is 2.97. The Labute approximate surface area is 122 Å². The molecule has 0 saturated carbocycles. The Morgan fingerprint density at radius 2 is 1.75 bits per heavy atom. The van der Waals surface area contributed by atoms with Crippen LogP contribution in [0.3, 0.4) is 0 Å². The van der Waals surface area contributed by atoms with Crippen LogP contribution < -0.4 is 15.5 Å². The number of nitrogens with zero attached hydrogens (tertiary/aromatic N) is 4. The minimum atomic E-state index is 0.369. The molecule has 0 bridgehead atoms. The van der Waals surface area contributed by atoms with Gasteiger partial charge >= 0.3 is 0 Å². The highest BCUT2D eigenvalue weighted by atomic mass is 15.3. The van der Waals surface area contributed by atoms with Crippen LogP contribution >= 0.6 is 0 Å². The molecular weight excluding hydrogens is 252 g/mol. The smallest absolute Gasteiger partial charge is 0.231 e. The van der Waals surface area contributed by atoms with Crippen molar-refractivity contribution >= 4 is 17.8 Å². The van der Waals surface area contributed by atoms with Crippen molar-refractivity contribution in [2.45, 2.75) is 52.5 Å². The van der Waals surface area contributed by atoms with Crippen molar-refractivity contribution in [3.8, 4) is 0 Å². The lowest BCUT2D eigenvalue weighted by Gasteiger charge is -2.17. The van der Waals surface area contributed by atoms with Crippen molar-refractivity contribution in [1.82, 2.24) is 15.0 Å². The van der Waals surface area contributed by atoms with Gasteiger partial charge in [-0.2, -0.15) is 15.0 Å². The summed E-state index contributed by atoms with van der Waals surface area (Å²) in [6, 6.07) is 0.369. The highest BCUT2D eigenvalue weighted by Crippen LogP contribution is 2.13. The Morgan fingerprint density at radius 1 is 1.05 bits per heavy atom. The Morgan fingerprint density at radius 3 is 2.35 bits per heavy atom. The molecule has 0 aliphatic heterocycles. The van der Waals surface area contributed by atoms with Gasteiger partial charge in [0.25, 0.3) is 0 Å². The fourth-order valence-electron chi connectivity index (χ4n) is 1.86. The molecule has 0 aromatic carbocycles. The summed E-state index contributed by atoms with van der Waals surface area (Å²) in [5.74, 6) is 1.93. The van der Waals surface area contributed by atoms with E-state index in [2.05, 4.69) is 39.4 Å². The summed E-state index contributed by atoms with van der Waals surface area (Å²) in [6.07, 6.45) is 4.88. The normalized spacial score (nSPS) is 12.1. The zero-order valence-corrected chi connectivity index (χ0v) is 13.4. The van der Waals surface area contributed by atoms with Crippen LogP contribution in [-0.4, -0.2) is 41.6 Å². The lowest BCUT2D eigenvalue weighted by atomic mass is 10.1. The molecule has 0 saturated heterocycles. The van der Waals surface area contributed by atoms with Gasteiger partial charge in [-0.1, -0.05) is 26.2 Å². The van der Waals surface area contributed by atoms with E-state index >= 15 is 0 Å². The summed E-state index contributed by atoms with van der Waals surface area (Å²) in [5.41, 5.74) is 0. The molecule has 0 spiro atoms. The van der Waals surface area contributed by atoms with E-state index in [1.807, 2.05) is 25.9 Å². The van der Waals surface area contributed by atoms with E-state index in [9.17, 15) is 0 Å². The Kier molecular flexibility index (Phi) is 7.04. The van der Waals surface area contributed by atoms with Crippen LogP contribution in [0.4, 0.5) is 17.8 Å². The highest BCUT2D eigenvalue weighted by Gasteiger charge is 2.10. The van der Waals surface area contributed by atoms with Gasteiger partial charge < -0.3 is 15.5 Å². The van der Waals surface area contributed by atoms with Gasteiger partial charge in [0.1, 0.15) is 0 Å². The van der Waals surface area contributed by atoms with Crippen LogP contribution in [0.1, 0.15) is 46.5 Å². The van der Waals surface area contributed by atoms with Crippen LogP contribution in [0.25, 0.3) is 0 Å². The molecule has 20 heavy (non-hydrogen) atoms. The molecule has 0 aliphatic rings. The number of anilines is 3. The van der Waals surface area contributed by atoms with E-state index < -0.39 is 0 Å². The summed E-state index contributed by atoms with van der Waals surface area (Å²) < 4.78 is 0. The lowest BCUT2D eigenvalue weighted by Crippen LogP contribution is -2.21. The van der Waals surface area contributed by atoms with E-state index in [-0.39, 0.29) is 0 Å². The van der Waals surface area contributed by atoms with Crippen LogP contribution in [0.15, 0.2) is 0 Å². The molecule has 0 aliphatic carbocycles. The Balaban J connectivity index is 2.72. The standard InChI is InChI=1S/C14H28N6/c1-6-8-9-10-11(3)16-13-17-12(15-7-2)18-14(19-13)20(4)5/h11H,6-10H2,1-5H3,(H2,15,16,17,18,19). The first-order valence-corrected chi connectivity index (χ1v) is 7.50. The van der Waals surface area contributed by atoms with E-state index in [0.29, 0.717) is 23.9 Å². The van der Waals surface area contributed by atoms with E-state index in [1.165, 1.54) is 19.3 Å². The number of unbranched alkanes of at least 4 members (excludes halogenated alkanes) is 2. The van der Waals surface area contributed by atoms with Crippen LogP contribution in [0.2, 0.25) is 0 Å². The topological polar surface area (TPSA) is 66.0 Å². The maximum Gasteiger partial charge on any atom is 0.231 e. The molecule has 1 unspecified atom stereocenters. The molecule has 0 radical (unpaired) electrons. The molecule has 6 heteroatoms. The molecule has 2 N–H and O–H groups in total. The van der Waals surface area contributed by atoms with Gasteiger partial charge in [0.15, 0.2) is 0 Å². The van der Waals surface area contributed by atoms with Crippen LogP contribution in [0, 0.1) is 0 Å². The second kappa shape index (κ2) is 8.55. The third-order valence-corrected chi connectivity index (χ3v) is 2.97. The number of hydrogen-bond acceptors (Lipinski definition) is 6. The maximum absolute atomic E-state index is 4.44. The average Bonchev–Trinajstić information content (AvgIpc) is 2.39. The zero-order chi connectivity index (χ0) is 15.0. The number of aromatic nitrogens is 3. The van der Waals surface area contributed by atoms with Crippen molar-refractivity contribution in [1.29, 1.82) is 0 Å². The summed E-state index contributed by atoms with van der Waals surface area (Å²) in [4.78, 5) is 15.1. The van der Waals surface area contributed by atoms with Gasteiger partial charge in [-0.05, 0) is 20.3 Å². The van der Waals surface area contributed by atoms with Gasteiger partial charge in [0, 0.05) is 26.7 Å². The first kappa shape index (κ1) is 16.5. The maximum atomic E-state index is 4.44. The van der Waals surface area contributed by atoms with Gasteiger partial charge in [-0.25, -0.2) is 0 Å². The van der Waals surface area contributed by atoms with E-state index in [4.69, 9.17) is 0 Å². The molecule has 1 rings (SSSR count). The quantitative estimate of drug-likeness (QED) is 0.678. The first-order chi connectivity index (χ1) is 9.56. The number of hydrogen-bond donors (Lipinski definition) is 2. The van der Waals surface area contributed by atoms with Crippen molar-refractivity contribution in [3.05, 3.63) is 0 Å². The summed E-state index contributed by atoms with van der Waals surface area (Å²) in [6.45, 7) is 7.21. The van der Waals surface area contributed by atoms with Crippen LogP contribution in [-0.2, 0) is 0 Å². The largest absolute Gasteiger partial charge is 0.354 e. The lowest BCUT2D eigenvalue weighted by molar-refractivity contribution is 0.611. The fourth-order valence-corrected chi connectivity index (χ4v) is 1.86. The SMILES string of the molecule is CCCCCC(C)Nc1nc(NCC)nc(N(C)C)n1. The molecular formula is C14H28N6. The Bertz CT molecular complexity index is 393. The number of nitrogens with one attached hydrogen (secondary N) is 2. The Hall–Kier alpha value is -1.59. The fraction of sp³-hybridized carbons (Fsp3) is 0.786. The summed E-state index contributed by atoms with van der Waals surface area (Å²) >= 11 is 0. The van der Waals surface area contributed by atoms with E-state index in [1.54, 1.807) is 0 Å². The number of rotatable bonds is 9. The molecule has 6 nitrogen and oxygen atoms in total. The molecule has 1 heterocycles. The van der Waals surface area contributed by atoms with Gasteiger partial charge in [0.2, 0.25) is 17.8 Å². The second-order valence-corrected chi connectivity index (χ2v) is 5.25. The summed E-state index contributed by atoms with van der Waals surface area (Å²) in [7, 11) is 3.86. The first-order valence-electron chi connectivity index (χ1n) is 7.50. The minimum absolute atomic E-state index is 0.369. The van der Waals surface area contributed by atoms with Gasteiger partial charge in [0.05, 0.1) is 0 Å². The van der Waals surface area contributed by atoms with Crippen molar-refractivity contribution < 1.29 is 0 Å². The van der Waals surface area contributed by atoms with Crippen molar-refractivity contribution in [3.63, 3.8) is 0 Å². The predicted molar refractivity (Wildman–Crippen MR) is 85.5 cm³/mol. The summed E-state index contributed by atoms with van der Waals surface area (Å²) in [5, 5.41) is 6.51. The molecule has 0 amide bonds. The average molecular weight is 280 g/mol. The highest BCUT2D eigenvalue weighted by molar-refractivity contribution is 5.43. The van der Waals surface area contributed by atoms with Crippen LogP contribution in [0.5, 0.6) is 0 Å². The van der Waals surface area contributed by atoms with Crippen molar-refractivity contribution in [2.24, 2.45) is 0 Å². The third kappa shape index (κ3) is 5.59. The predicted octanol–water partition coefficient (Wildman–Crippen LogP) is 2.75. The van der Waals surface area contributed by atoms with Gasteiger partial charge in [-0.3, -0.25) is 0 Å². The molecule has 0 fully saturated rings. The monoisotopic (exact) mass is 280 g/mol. The van der Waals surface area contributed by atoms with Gasteiger partial charge in [-0.15, -0.1) is 0 Å². The molecule has 1 atom stereocenters. The minimum Gasteiger partial charge on any atom is -0.354 e. The molecule has 1 aromatic rings. The van der Waals surface area contributed by atoms with E-state index in [0.717, 1.165) is 13.0 Å².